The first-order valence-corrected chi connectivity index (χ1v) is 6.86. The van der Waals surface area contributed by atoms with E-state index in [4.69, 9.17) is 4.74 Å². The monoisotopic (exact) mass is 240 g/mol. The zero-order valence-electron chi connectivity index (χ0n) is 10.8. The molecule has 98 valence electrons. The second-order valence-electron chi connectivity index (χ2n) is 5.25. The number of ether oxygens (including phenoxy) is 1. The van der Waals surface area contributed by atoms with Crippen LogP contribution in [0.25, 0.3) is 0 Å². The van der Waals surface area contributed by atoms with Crippen LogP contribution in [0, 0.1) is 5.92 Å². The Labute approximate surface area is 104 Å². The lowest BCUT2D eigenvalue weighted by Crippen LogP contribution is -2.44. The van der Waals surface area contributed by atoms with Crippen molar-refractivity contribution in [2.45, 2.75) is 38.7 Å². The van der Waals surface area contributed by atoms with Crippen LogP contribution in [-0.2, 0) is 9.53 Å². The molecule has 4 nitrogen and oxygen atoms in total. The third kappa shape index (κ3) is 3.96. The molecule has 0 aromatic rings. The average molecular weight is 240 g/mol. The van der Waals surface area contributed by atoms with Crippen molar-refractivity contribution in [1.82, 2.24) is 10.2 Å². The van der Waals surface area contributed by atoms with Gasteiger partial charge in [0.2, 0.25) is 5.91 Å². The summed E-state index contributed by atoms with van der Waals surface area (Å²) in [4.78, 5) is 14.0. The van der Waals surface area contributed by atoms with E-state index in [1.807, 2.05) is 11.8 Å². The smallest absolute Gasteiger partial charge is 0.222 e. The van der Waals surface area contributed by atoms with Crippen molar-refractivity contribution in [3.8, 4) is 0 Å². The van der Waals surface area contributed by atoms with Gasteiger partial charge in [-0.25, -0.2) is 0 Å². The predicted octanol–water partition coefficient (Wildman–Crippen LogP) is 1.01. The van der Waals surface area contributed by atoms with Crippen molar-refractivity contribution in [2.24, 2.45) is 5.92 Å². The van der Waals surface area contributed by atoms with Crippen LogP contribution in [-0.4, -0.2) is 49.7 Å². The normalized spacial score (nSPS) is 27.1. The van der Waals surface area contributed by atoms with Gasteiger partial charge in [0.1, 0.15) is 0 Å². The Morgan fingerprint density at radius 2 is 2.18 bits per heavy atom. The SMILES string of the molecule is CC1CN(C(=O)CCC2CCNCC2)CCO1. The number of carbonyl (C=O) groups is 1. The van der Waals surface area contributed by atoms with Gasteiger partial charge in [0.25, 0.3) is 0 Å². The van der Waals surface area contributed by atoms with Gasteiger partial charge in [-0.15, -0.1) is 0 Å². The average Bonchev–Trinajstić information content (AvgIpc) is 2.37. The van der Waals surface area contributed by atoms with Crippen LogP contribution in [0.5, 0.6) is 0 Å². The summed E-state index contributed by atoms with van der Waals surface area (Å²) in [7, 11) is 0. The molecular formula is C13H24N2O2. The minimum atomic E-state index is 0.201. The number of rotatable bonds is 3. The van der Waals surface area contributed by atoms with Crippen molar-refractivity contribution in [2.75, 3.05) is 32.8 Å². The molecule has 2 aliphatic heterocycles. The van der Waals surface area contributed by atoms with Gasteiger partial charge in [0.15, 0.2) is 0 Å². The zero-order chi connectivity index (χ0) is 12.1. The molecule has 0 aromatic carbocycles. The van der Waals surface area contributed by atoms with Crippen molar-refractivity contribution >= 4 is 5.91 Å². The number of piperidine rings is 1. The summed E-state index contributed by atoms with van der Waals surface area (Å²) in [5.41, 5.74) is 0. The van der Waals surface area contributed by atoms with Crippen LogP contribution in [0.4, 0.5) is 0 Å². The van der Waals surface area contributed by atoms with Crippen molar-refractivity contribution < 1.29 is 9.53 Å². The van der Waals surface area contributed by atoms with Crippen LogP contribution >= 0.6 is 0 Å². The summed E-state index contributed by atoms with van der Waals surface area (Å²) < 4.78 is 5.45. The molecule has 1 amide bonds. The fraction of sp³-hybridized carbons (Fsp3) is 0.923. The Kier molecular flexibility index (Phi) is 4.80. The highest BCUT2D eigenvalue weighted by Crippen LogP contribution is 2.18. The van der Waals surface area contributed by atoms with Crippen LogP contribution < -0.4 is 5.32 Å². The van der Waals surface area contributed by atoms with Gasteiger partial charge in [0, 0.05) is 19.5 Å². The summed E-state index contributed by atoms with van der Waals surface area (Å²) in [6.07, 6.45) is 4.44. The quantitative estimate of drug-likeness (QED) is 0.800. The Morgan fingerprint density at radius 3 is 2.88 bits per heavy atom. The Balaban J connectivity index is 1.69. The summed E-state index contributed by atoms with van der Waals surface area (Å²) in [5.74, 6) is 1.07. The third-order valence-corrected chi connectivity index (χ3v) is 3.82. The molecule has 0 aromatic heterocycles. The van der Waals surface area contributed by atoms with Gasteiger partial charge in [0.05, 0.1) is 12.7 Å². The first-order valence-electron chi connectivity index (χ1n) is 6.86. The maximum Gasteiger partial charge on any atom is 0.222 e. The predicted molar refractivity (Wildman–Crippen MR) is 66.8 cm³/mol. The lowest BCUT2D eigenvalue weighted by atomic mass is 9.93. The number of carbonyl (C=O) groups excluding carboxylic acids is 1. The molecule has 2 aliphatic rings. The fourth-order valence-corrected chi connectivity index (χ4v) is 2.70. The van der Waals surface area contributed by atoms with Crippen LogP contribution in [0.1, 0.15) is 32.6 Å². The zero-order valence-corrected chi connectivity index (χ0v) is 10.8. The molecule has 1 N–H and O–H groups in total. The summed E-state index contributed by atoms with van der Waals surface area (Å²) >= 11 is 0. The van der Waals surface area contributed by atoms with E-state index in [0.29, 0.717) is 12.5 Å². The lowest BCUT2D eigenvalue weighted by molar-refractivity contribution is -0.138. The minimum absolute atomic E-state index is 0.201. The maximum atomic E-state index is 12.0. The van der Waals surface area contributed by atoms with E-state index >= 15 is 0 Å². The highest BCUT2D eigenvalue weighted by atomic mass is 16.5. The van der Waals surface area contributed by atoms with Crippen molar-refractivity contribution in [3.63, 3.8) is 0 Å². The highest BCUT2D eigenvalue weighted by molar-refractivity contribution is 5.76. The van der Waals surface area contributed by atoms with Gasteiger partial charge in [-0.3, -0.25) is 4.79 Å². The molecule has 17 heavy (non-hydrogen) atoms. The Bertz CT molecular complexity index is 252. The topological polar surface area (TPSA) is 41.6 Å². The highest BCUT2D eigenvalue weighted by Gasteiger charge is 2.22. The van der Waals surface area contributed by atoms with E-state index in [1.54, 1.807) is 0 Å². The maximum absolute atomic E-state index is 12.0. The van der Waals surface area contributed by atoms with Crippen LogP contribution in [0.3, 0.4) is 0 Å². The van der Waals surface area contributed by atoms with Crippen molar-refractivity contribution in [3.05, 3.63) is 0 Å². The van der Waals surface area contributed by atoms with Gasteiger partial charge >= 0.3 is 0 Å². The van der Waals surface area contributed by atoms with Crippen LogP contribution in [0.2, 0.25) is 0 Å². The molecule has 0 bridgehead atoms. The first kappa shape index (κ1) is 12.8. The fourth-order valence-electron chi connectivity index (χ4n) is 2.70. The number of amides is 1. The second-order valence-corrected chi connectivity index (χ2v) is 5.25. The van der Waals surface area contributed by atoms with E-state index in [2.05, 4.69) is 5.32 Å². The molecule has 1 unspecified atom stereocenters. The molecule has 4 heteroatoms. The molecule has 2 fully saturated rings. The molecule has 0 saturated carbocycles. The molecule has 0 aliphatic carbocycles. The van der Waals surface area contributed by atoms with Gasteiger partial charge in [-0.05, 0) is 45.2 Å². The Hall–Kier alpha value is -0.610. The second kappa shape index (κ2) is 6.36. The summed E-state index contributed by atoms with van der Waals surface area (Å²) in [5, 5.41) is 3.36. The number of nitrogens with zero attached hydrogens (tertiary/aromatic N) is 1. The van der Waals surface area contributed by atoms with Gasteiger partial charge in [-0.2, -0.15) is 0 Å². The molecule has 2 heterocycles. The van der Waals surface area contributed by atoms with E-state index in [-0.39, 0.29) is 6.10 Å². The first-order chi connectivity index (χ1) is 8.25. The molecule has 1 atom stereocenters. The molecular weight excluding hydrogens is 216 g/mol. The van der Waals surface area contributed by atoms with Crippen LogP contribution in [0.15, 0.2) is 0 Å². The number of nitrogens with one attached hydrogen (secondary N) is 1. The largest absolute Gasteiger partial charge is 0.375 e. The van der Waals surface area contributed by atoms with Gasteiger partial charge < -0.3 is 15.0 Å². The number of hydrogen-bond donors (Lipinski definition) is 1. The van der Waals surface area contributed by atoms with E-state index in [0.717, 1.165) is 44.9 Å². The third-order valence-electron chi connectivity index (χ3n) is 3.82. The summed E-state index contributed by atoms with van der Waals surface area (Å²) in [6.45, 7) is 6.51. The molecule has 0 spiro atoms. The number of morpholine rings is 1. The van der Waals surface area contributed by atoms with E-state index < -0.39 is 0 Å². The number of hydrogen-bond acceptors (Lipinski definition) is 3. The Morgan fingerprint density at radius 1 is 1.41 bits per heavy atom. The lowest BCUT2D eigenvalue weighted by Gasteiger charge is -2.32. The van der Waals surface area contributed by atoms with E-state index in [9.17, 15) is 4.79 Å². The molecule has 2 rings (SSSR count). The minimum Gasteiger partial charge on any atom is -0.375 e. The standard InChI is InChI=1S/C13H24N2O2/c1-11-10-15(8-9-17-11)13(16)3-2-12-4-6-14-7-5-12/h11-12,14H,2-10H2,1H3. The van der Waals surface area contributed by atoms with E-state index in [1.165, 1.54) is 12.8 Å². The van der Waals surface area contributed by atoms with Gasteiger partial charge in [-0.1, -0.05) is 0 Å². The molecule has 2 saturated heterocycles. The van der Waals surface area contributed by atoms with Crippen molar-refractivity contribution in [1.29, 1.82) is 0 Å². The summed E-state index contributed by atoms with van der Waals surface area (Å²) in [6, 6.07) is 0. The molecule has 0 radical (unpaired) electrons.